The van der Waals surface area contributed by atoms with Crippen LogP contribution in [0.2, 0.25) is 0 Å². The van der Waals surface area contributed by atoms with E-state index in [2.05, 4.69) is 19.7 Å². The van der Waals surface area contributed by atoms with Crippen LogP contribution in [0.25, 0.3) is 0 Å². The van der Waals surface area contributed by atoms with Crippen molar-refractivity contribution < 1.29 is 58.1 Å². The Balaban J connectivity index is 7.50. The molecule has 0 rings (SSSR count). The first-order chi connectivity index (χ1) is 15.6. The van der Waals surface area contributed by atoms with Gasteiger partial charge in [0.15, 0.2) is 0 Å². The molecule has 0 aliphatic heterocycles. The van der Waals surface area contributed by atoms with Crippen molar-refractivity contribution in [2.45, 2.75) is 38.8 Å². The average Bonchev–Trinajstić information content (AvgIpc) is 2.79. The van der Waals surface area contributed by atoms with Crippen molar-refractivity contribution in [1.82, 2.24) is 0 Å². The largest absolute Gasteiger partial charge is 0.435 e. The Morgan fingerprint density at radius 3 is 1.48 bits per heavy atom. The summed E-state index contributed by atoms with van der Waals surface area (Å²) in [4.78, 5) is 36.4. The van der Waals surface area contributed by atoms with E-state index in [1.807, 2.05) is 0 Å². The van der Waals surface area contributed by atoms with Gasteiger partial charge in [-0.2, -0.15) is 0 Å². The van der Waals surface area contributed by atoms with Gasteiger partial charge < -0.3 is 43.7 Å². The maximum atomic E-state index is 12.3. The van der Waals surface area contributed by atoms with E-state index in [1.54, 1.807) is 0 Å². The Morgan fingerprint density at radius 2 is 1.18 bits per heavy atom. The van der Waals surface area contributed by atoms with Gasteiger partial charge in [0.1, 0.15) is 5.41 Å². The third kappa shape index (κ3) is 6.25. The highest BCUT2D eigenvalue weighted by Gasteiger charge is 2.76. The quantitative estimate of drug-likeness (QED) is 0.145. The summed E-state index contributed by atoms with van der Waals surface area (Å²) >= 11 is 0. The van der Waals surface area contributed by atoms with Crippen LogP contribution in [0.1, 0.15) is 20.8 Å². The highest BCUT2D eigenvalue weighted by molar-refractivity contribution is 5.83. The second kappa shape index (κ2) is 13.8. The molecule has 0 saturated heterocycles. The van der Waals surface area contributed by atoms with Gasteiger partial charge in [0.05, 0.1) is 19.8 Å². The van der Waals surface area contributed by atoms with Crippen molar-refractivity contribution in [2.24, 2.45) is 5.41 Å². The molecule has 0 aliphatic rings. The van der Waals surface area contributed by atoms with Crippen LogP contribution in [0, 0.1) is 5.41 Å². The van der Waals surface area contributed by atoms with Gasteiger partial charge >= 0.3 is 23.9 Å². The molecule has 0 aromatic rings. The lowest BCUT2D eigenvalue weighted by Crippen LogP contribution is -2.76. The van der Waals surface area contributed by atoms with E-state index in [9.17, 15) is 29.7 Å². The van der Waals surface area contributed by atoms with E-state index < -0.39 is 54.6 Å². The molecule has 0 aliphatic carbocycles. The number of hydrogen-bond donors (Lipinski definition) is 3. The minimum Gasteiger partial charge on any atom is -0.432 e. The predicted molar refractivity (Wildman–Crippen MR) is 112 cm³/mol. The first-order valence-corrected chi connectivity index (χ1v) is 9.95. The lowest BCUT2D eigenvalue weighted by molar-refractivity contribution is -0.511. The molecule has 3 N–H and O–H groups in total. The third-order valence-corrected chi connectivity index (χ3v) is 4.32. The molecule has 0 fully saturated rings. The van der Waals surface area contributed by atoms with Gasteiger partial charge in [-0.05, 0) is 20.8 Å². The van der Waals surface area contributed by atoms with Crippen LogP contribution >= 0.6 is 0 Å². The van der Waals surface area contributed by atoms with E-state index >= 15 is 0 Å². The van der Waals surface area contributed by atoms with Crippen molar-refractivity contribution in [3.05, 3.63) is 38.0 Å². The molecule has 33 heavy (non-hydrogen) atoms. The SMILES string of the molecule is C=CC(=O)OC(O)C(CO)(CO)C(OCC)(OCC)C(OCC)(OC(=O)C=C)OC(=O)C=C. The zero-order valence-electron chi connectivity index (χ0n) is 19.0. The second-order valence-corrected chi connectivity index (χ2v) is 6.19. The van der Waals surface area contributed by atoms with Gasteiger partial charge in [-0.1, -0.05) is 19.7 Å². The monoisotopic (exact) mass is 476 g/mol. The molecule has 1 unspecified atom stereocenters. The number of aliphatic hydroxyl groups is 3. The van der Waals surface area contributed by atoms with Gasteiger partial charge in [0.25, 0.3) is 5.79 Å². The summed E-state index contributed by atoms with van der Waals surface area (Å²) in [6, 6.07) is 0. The molecule has 0 aromatic heterocycles. The number of carbonyl (C=O) groups excluding carboxylic acids is 3. The molecule has 0 radical (unpaired) electrons. The fourth-order valence-corrected chi connectivity index (χ4v) is 2.91. The number of ether oxygens (including phenoxy) is 6. The van der Waals surface area contributed by atoms with Gasteiger partial charge in [-0.15, -0.1) is 0 Å². The summed E-state index contributed by atoms with van der Waals surface area (Å²) in [5.41, 5.74) is -2.57. The minimum atomic E-state index is -3.02. The third-order valence-electron chi connectivity index (χ3n) is 4.32. The van der Waals surface area contributed by atoms with Crippen molar-refractivity contribution in [1.29, 1.82) is 0 Å². The molecule has 188 valence electrons. The van der Waals surface area contributed by atoms with Crippen LogP contribution in [0.5, 0.6) is 0 Å². The van der Waals surface area contributed by atoms with E-state index in [1.165, 1.54) is 20.8 Å². The number of rotatable bonds is 17. The Bertz CT molecular complexity index is 669. The van der Waals surface area contributed by atoms with Crippen molar-refractivity contribution >= 4 is 17.9 Å². The van der Waals surface area contributed by atoms with Crippen molar-refractivity contribution in [3.63, 3.8) is 0 Å². The summed E-state index contributed by atoms with van der Waals surface area (Å²) < 4.78 is 32.2. The second-order valence-electron chi connectivity index (χ2n) is 6.19. The van der Waals surface area contributed by atoms with Crippen molar-refractivity contribution in [3.8, 4) is 0 Å². The zero-order chi connectivity index (χ0) is 25.7. The van der Waals surface area contributed by atoms with Crippen molar-refractivity contribution in [2.75, 3.05) is 33.0 Å². The molecule has 0 saturated carbocycles. The highest BCUT2D eigenvalue weighted by Crippen LogP contribution is 2.49. The number of hydrogen-bond acceptors (Lipinski definition) is 12. The number of aliphatic hydroxyl groups excluding tert-OH is 3. The zero-order valence-corrected chi connectivity index (χ0v) is 19.0. The first-order valence-electron chi connectivity index (χ1n) is 9.95. The van der Waals surface area contributed by atoms with Crippen LogP contribution in [-0.2, 0) is 42.8 Å². The van der Waals surface area contributed by atoms with Crippen LogP contribution in [0.4, 0.5) is 0 Å². The molecular weight excluding hydrogens is 444 g/mol. The molecule has 1 atom stereocenters. The van der Waals surface area contributed by atoms with E-state index in [4.69, 9.17) is 28.4 Å². The van der Waals surface area contributed by atoms with E-state index in [-0.39, 0.29) is 19.8 Å². The standard InChI is InChI=1S/C21H32O12/c1-7-15(24)31-18(27)19(13-22,14-23)20(28-10-4,29-11-5)21(30-12-6,32-16(25)8-2)33-17(26)9-3/h7-9,18,22-23,27H,1-3,10-14H2,4-6H3. The maximum absolute atomic E-state index is 12.3. The number of carbonyl (C=O) groups is 3. The Kier molecular flexibility index (Phi) is 12.7. The lowest BCUT2D eigenvalue weighted by Gasteiger charge is -2.54. The summed E-state index contributed by atoms with van der Waals surface area (Å²) in [7, 11) is 0. The van der Waals surface area contributed by atoms with Crippen LogP contribution in [0.15, 0.2) is 38.0 Å². The molecule has 0 spiro atoms. The summed E-state index contributed by atoms with van der Waals surface area (Å²) in [5.74, 6) is -9.39. The topological polar surface area (TPSA) is 167 Å². The average molecular weight is 476 g/mol. The summed E-state index contributed by atoms with van der Waals surface area (Å²) in [6.45, 7) is 10.7. The predicted octanol–water partition coefficient (Wildman–Crippen LogP) is -0.0770. The maximum Gasteiger partial charge on any atom is 0.435 e. The Morgan fingerprint density at radius 1 is 0.788 bits per heavy atom. The minimum absolute atomic E-state index is 0.296. The fourth-order valence-electron chi connectivity index (χ4n) is 2.91. The lowest BCUT2D eigenvalue weighted by atomic mass is 9.77. The Labute approximate surface area is 192 Å². The van der Waals surface area contributed by atoms with Gasteiger partial charge in [-0.25, -0.2) is 14.4 Å². The molecular formula is C21H32O12. The molecule has 0 amide bonds. The van der Waals surface area contributed by atoms with Crippen LogP contribution < -0.4 is 0 Å². The van der Waals surface area contributed by atoms with Crippen LogP contribution in [0.3, 0.4) is 0 Å². The van der Waals surface area contributed by atoms with E-state index in [0.29, 0.717) is 18.2 Å². The molecule has 0 aromatic carbocycles. The summed E-state index contributed by atoms with van der Waals surface area (Å²) in [6.07, 6.45) is -0.282. The molecule has 12 nitrogen and oxygen atoms in total. The smallest absolute Gasteiger partial charge is 0.432 e. The Hall–Kier alpha value is -2.61. The normalized spacial score (nSPS) is 12.9. The van der Waals surface area contributed by atoms with Gasteiger partial charge in [-0.3, -0.25) is 0 Å². The highest BCUT2D eigenvalue weighted by atomic mass is 16.9. The number of esters is 3. The molecule has 0 bridgehead atoms. The van der Waals surface area contributed by atoms with Gasteiger partial charge in [0, 0.05) is 31.4 Å². The molecule has 0 heterocycles. The van der Waals surface area contributed by atoms with E-state index in [0.717, 1.165) is 0 Å². The fraction of sp³-hybridized carbons (Fsp3) is 0.571. The van der Waals surface area contributed by atoms with Crippen LogP contribution in [-0.4, -0.2) is 84.3 Å². The summed E-state index contributed by atoms with van der Waals surface area (Å²) in [5, 5.41) is 31.5. The first kappa shape index (κ1) is 30.4. The molecule has 12 heteroatoms. The van der Waals surface area contributed by atoms with Gasteiger partial charge in [0.2, 0.25) is 6.29 Å².